The van der Waals surface area contributed by atoms with Crippen LogP contribution in [-0.4, -0.2) is 59.8 Å². The molecule has 0 spiro atoms. The molecule has 3 amide bonds. The molecule has 1 aliphatic heterocycles. The van der Waals surface area contributed by atoms with Crippen molar-refractivity contribution in [3.05, 3.63) is 0 Å². The van der Waals surface area contributed by atoms with Gasteiger partial charge in [-0.1, -0.05) is 6.42 Å². The Kier molecular flexibility index (Phi) is 6.68. The zero-order chi connectivity index (χ0) is 18.1. The molecule has 1 unspecified atom stereocenters. The molecule has 0 bridgehead atoms. The Hall–Kier alpha value is -1.55. The van der Waals surface area contributed by atoms with Crippen LogP contribution in [0.2, 0.25) is 0 Å². The molecule has 1 aliphatic carbocycles. The second-order valence-corrected chi connectivity index (χ2v) is 6.44. The number of carbonyl (C=O) groups is 3. The number of carbonyl (C=O) groups excluding carboxylic acids is 2. The van der Waals surface area contributed by atoms with Crippen molar-refractivity contribution in [1.82, 2.24) is 15.5 Å². The van der Waals surface area contributed by atoms with Crippen LogP contribution in [0.1, 0.15) is 26.2 Å². The fraction of sp³-hybridized carbons (Fsp3) is 0.786. The predicted octanol–water partition coefficient (Wildman–Crippen LogP) is 1.37. The second kappa shape index (κ2) is 7.77. The number of hydrogen-bond acceptors (Lipinski definition) is 4. The van der Waals surface area contributed by atoms with Crippen LogP contribution in [-0.2, 0) is 9.59 Å². The second-order valence-electron chi connectivity index (χ2n) is 6.44. The van der Waals surface area contributed by atoms with E-state index in [1.807, 2.05) is 5.32 Å². The van der Waals surface area contributed by atoms with Crippen molar-refractivity contribution in [2.45, 2.75) is 38.4 Å². The number of fused-ring (bicyclic) bond motifs is 1. The number of aliphatic carboxylic acids is 1. The van der Waals surface area contributed by atoms with E-state index in [1.54, 1.807) is 10.2 Å². The molecule has 1 heterocycles. The van der Waals surface area contributed by atoms with Crippen molar-refractivity contribution in [2.75, 3.05) is 19.6 Å². The Morgan fingerprint density at radius 3 is 2.52 bits per heavy atom. The summed E-state index contributed by atoms with van der Waals surface area (Å²) in [7, 11) is 0. The Balaban J connectivity index is 0.00000312. The molecule has 7 nitrogen and oxygen atoms in total. The van der Waals surface area contributed by atoms with Gasteiger partial charge >= 0.3 is 18.2 Å². The van der Waals surface area contributed by atoms with Crippen molar-refractivity contribution >= 4 is 30.3 Å². The summed E-state index contributed by atoms with van der Waals surface area (Å²) in [6.45, 7) is 0.591. The van der Waals surface area contributed by atoms with E-state index in [4.69, 9.17) is 0 Å². The van der Waals surface area contributed by atoms with E-state index in [0.717, 1.165) is 12.8 Å². The smallest absolute Gasteiger partial charge is 0.405 e. The van der Waals surface area contributed by atoms with Crippen LogP contribution in [0.3, 0.4) is 0 Å². The lowest BCUT2D eigenvalue weighted by molar-refractivity contribution is -0.149. The first-order chi connectivity index (χ1) is 11.0. The number of carboxylic acids is 1. The van der Waals surface area contributed by atoms with Gasteiger partial charge in [0, 0.05) is 13.1 Å². The fourth-order valence-corrected chi connectivity index (χ4v) is 3.58. The molecule has 11 heteroatoms. The van der Waals surface area contributed by atoms with Gasteiger partial charge in [0.15, 0.2) is 0 Å². The summed E-state index contributed by atoms with van der Waals surface area (Å²) in [5.74, 6) is -1.69. The monoisotopic (exact) mass is 387 g/mol. The summed E-state index contributed by atoms with van der Waals surface area (Å²) in [4.78, 5) is 36.6. The first-order valence-electron chi connectivity index (χ1n) is 7.68. The number of imide groups is 1. The van der Waals surface area contributed by atoms with Crippen molar-refractivity contribution in [1.29, 1.82) is 0 Å². The van der Waals surface area contributed by atoms with E-state index in [-0.39, 0.29) is 24.9 Å². The molecule has 25 heavy (non-hydrogen) atoms. The van der Waals surface area contributed by atoms with E-state index in [9.17, 15) is 32.7 Å². The molecule has 2 aliphatic rings. The summed E-state index contributed by atoms with van der Waals surface area (Å²) in [6.07, 6.45) is -2.43. The van der Waals surface area contributed by atoms with E-state index < -0.39 is 42.1 Å². The van der Waals surface area contributed by atoms with Gasteiger partial charge in [-0.05, 0) is 25.7 Å². The maximum atomic E-state index is 12.0. The number of halogens is 4. The number of hydrogen-bond donors (Lipinski definition) is 3. The molecular formula is C14H21ClF3N3O4. The molecule has 0 aromatic rings. The third-order valence-corrected chi connectivity index (χ3v) is 4.94. The van der Waals surface area contributed by atoms with Crippen LogP contribution in [0, 0.1) is 11.3 Å². The Bertz CT molecular complexity index is 546. The molecule has 2 fully saturated rings. The molecular weight excluding hydrogens is 367 g/mol. The molecule has 1 saturated heterocycles. The lowest BCUT2D eigenvalue weighted by atomic mass is 9.81. The summed E-state index contributed by atoms with van der Waals surface area (Å²) >= 11 is 0. The van der Waals surface area contributed by atoms with Crippen molar-refractivity contribution in [3.8, 4) is 0 Å². The normalized spacial score (nSPS) is 27.1. The van der Waals surface area contributed by atoms with Crippen LogP contribution in [0.5, 0.6) is 0 Å². The highest BCUT2D eigenvalue weighted by Crippen LogP contribution is 2.49. The Labute approximate surface area is 148 Å². The average Bonchev–Trinajstić information content (AvgIpc) is 3.01. The molecule has 1 saturated carbocycles. The topological polar surface area (TPSA) is 98.7 Å². The molecule has 144 valence electrons. The van der Waals surface area contributed by atoms with Crippen molar-refractivity contribution in [3.63, 3.8) is 0 Å². The van der Waals surface area contributed by atoms with E-state index in [2.05, 4.69) is 0 Å². The number of amides is 3. The summed E-state index contributed by atoms with van der Waals surface area (Å²) < 4.78 is 36.0. The zero-order valence-corrected chi connectivity index (χ0v) is 14.4. The number of urea groups is 1. The minimum atomic E-state index is -4.56. The lowest BCUT2D eigenvalue weighted by Gasteiger charge is -2.26. The lowest BCUT2D eigenvalue weighted by Crippen LogP contribution is -2.51. The Morgan fingerprint density at radius 2 is 2.00 bits per heavy atom. The number of likely N-dealkylation sites (tertiary alicyclic amines) is 1. The molecule has 0 aromatic carbocycles. The number of alkyl halides is 3. The fourth-order valence-electron chi connectivity index (χ4n) is 3.58. The molecule has 3 N–H and O–H groups in total. The molecule has 3 atom stereocenters. The van der Waals surface area contributed by atoms with Crippen LogP contribution in [0.25, 0.3) is 0 Å². The van der Waals surface area contributed by atoms with Gasteiger partial charge in [-0.2, -0.15) is 13.2 Å². The average molecular weight is 388 g/mol. The van der Waals surface area contributed by atoms with Gasteiger partial charge in [0.05, 0.1) is 11.5 Å². The van der Waals surface area contributed by atoms with E-state index in [0.29, 0.717) is 13.0 Å². The SMILES string of the molecule is CC(C(=O)NC(=O)NCC(F)(F)F)N1C[C@@H]2CCC[C@@]2(C(=O)O)C1.Cl. The van der Waals surface area contributed by atoms with Gasteiger partial charge in [-0.25, -0.2) is 4.79 Å². The number of carboxylic acid groups (broad SMARTS) is 1. The summed E-state index contributed by atoms with van der Waals surface area (Å²) in [5, 5.41) is 12.9. The highest BCUT2D eigenvalue weighted by atomic mass is 35.5. The maximum Gasteiger partial charge on any atom is 0.405 e. The first kappa shape index (κ1) is 21.5. The highest BCUT2D eigenvalue weighted by Gasteiger charge is 2.55. The quantitative estimate of drug-likeness (QED) is 0.676. The van der Waals surface area contributed by atoms with Crippen molar-refractivity contribution < 1.29 is 32.7 Å². The molecule has 2 rings (SSSR count). The van der Waals surface area contributed by atoms with Gasteiger partial charge in [-0.15, -0.1) is 12.4 Å². The van der Waals surface area contributed by atoms with E-state index in [1.165, 1.54) is 6.92 Å². The summed E-state index contributed by atoms with van der Waals surface area (Å²) in [5.41, 5.74) is -0.868. The molecule has 0 radical (unpaired) electrons. The standard InChI is InChI=1S/C14H20F3N3O4.ClH/c1-8(10(21)19-12(24)18-6-14(15,16)17)20-5-9-3-2-4-13(9,7-20)11(22)23;/h8-9H,2-7H2,1H3,(H,22,23)(H2,18,19,21,24);1H/t8?,9-,13+;/m0./s1. The van der Waals surface area contributed by atoms with Crippen LogP contribution in [0.4, 0.5) is 18.0 Å². The third kappa shape index (κ3) is 4.75. The zero-order valence-electron chi connectivity index (χ0n) is 13.6. The van der Waals surface area contributed by atoms with Crippen LogP contribution >= 0.6 is 12.4 Å². The predicted molar refractivity (Wildman–Crippen MR) is 83.3 cm³/mol. The van der Waals surface area contributed by atoms with Gasteiger partial charge < -0.3 is 10.4 Å². The maximum absolute atomic E-state index is 12.0. The van der Waals surface area contributed by atoms with Gasteiger partial charge in [0.25, 0.3) is 0 Å². The van der Waals surface area contributed by atoms with Gasteiger partial charge in [-0.3, -0.25) is 19.8 Å². The first-order valence-corrected chi connectivity index (χ1v) is 7.68. The third-order valence-electron chi connectivity index (χ3n) is 4.94. The number of nitrogens with one attached hydrogen (secondary N) is 2. The summed E-state index contributed by atoms with van der Waals surface area (Å²) in [6, 6.07) is -2.03. The largest absolute Gasteiger partial charge is 0.481 e. The van der Waals surface area contributed by atoms with Gasteiger partial charge in [0.2, 0.25) is 5.91 Å². The number of nitrogens with zero attached hydrogens (tertiary/aromatic N) is 1. The van der Waals surface area contributed by atoms with Gasteiger partial charge in [0.1, 0.15) is 6.54 Å². The Morgan fingerprint density at radius 1 is 1.36 bits per heavy atom. The van der Waals surface area contributed by atoms with Crippen LogP contribution < -0.4 is 10.6 Å². The number of rotatable bonds is 4. The molecule has 0 aromatic heterocycles. The van der Waals surface area contributed by atoms with E-state index >= 15 is 0 Å². The highest BCUT2D eigenvalue weighted by molar-refractivity contribution is 5.96. The van der Waals surface area contributed by atoms with Crippen LogP contribution in [0.15, 0.2) is 0 Å². The van der Waals surface area contributed by atoms with Crippen molar-refractivity contribution in [2.24, 2.45) is 11.3 Å². The minimum absolute atomic E-state index is 0. The minimum Gasteiger partial charge on any atom is -0.481 e.